The topological polar surface area (TPSA) is 46.3 Å². The van der Waals surface area contributed by atoms with Gasteiger partial charge in [-0.05, 0) is 12.1 Å². The Labute approximate surface area is 92.4 Å². The second-order valence-electron chi connectivity index (χ2n) is 3.06. The molecule has 0 aromatic heterocycles. The van der Waals surface area contributed by atoms with Crippen LogP contribution in [0.3, 0.4) is 0 Å². The molecule has 1 aromatic rings. The van der Waals surface area contributed by atoms with Gasteiger partial charge in [-0.2, -0.15) is 0 Å². The third kappa shape index (κ3) is 2.11. The number of amides is 1. The van der Waals surface area contributed by atoms with Crippen molar-refractivity contribution in [3.05, 3.63) is 27.7 Å². The number of rotatable bonds is 1. The molecule has 0 fully saturated rings. The molecule has 2 N–H and O–H groups in total. The zero-order valence-electron chi connectivity index (χ0n) is 7.84. The van der Waals surface area contributed by atoms with E-state index < -0.39 is 0 Å². The summed E-state index contributed by atoms with van der Waals surface area (Å²) in [6, 6.07) is 3.01. The van der Waals surface area contributed by atoms with Crippen molar-refractivity contribution in [2.75, 3.05) is 19.8 Å². The molecule has 3 nitrogen and oxygen atoms in total. The molecule has 0 aliphatic carbocycles. The lowest BCUT2D eigenvalue weighted by molar-refractivity contribution is 0.0828. The van der Waals surface area contributed by atoms with Crippen LogP contribution < -0.4 is 5.73 Å². The van der Waals surface area contributed by atoms with Gasteiger partial charge in [0.25, 0.3) is 5.91 Å². The van der Waals surface area contributed by atoms with E-state index in [1.807, 2.05) is 0 Å². The van der Waals surface area contributed by atoms with Gasteiger partial charge in [0.15, 0.2) is 0 Å². The van der Waals surface area contributed by atoms with Crippen molar-refractivity contribution in [3.63, 3.8) is 0 Å². The van der Waals surface area contributed by atoms with Crippen LogP contribution in [0, 0.1) is 0 Å². The van der Waals surface area contributed by atoms with E-state index in [9.17, 15) is 4.79 Å². The summed E-state index contributed by atoms with van der Waals surface area (Å²) in [4.78, 5) is 13.0. The zero-order chi connectivity index (χ0) is 10.9. The lowest BCUT2D eigenvalue weighted by Gasteiger charge is -2.12. The van der Waals surface area contributed by atoms with Crippen LogP contribution in [0.2, 0.25) is 10.0 Å². The maximum absolute atomic E-state index is 11.6. The van der Waals surface area contributed by atoms with Gasteiger partial charge < -0.3 is 10.6 Å². The molecule has 1 aromatic carbocycles. The van der Waals surface area contributed by atoms with E-state index in [1.165, 1.54) is 17.0 Å². The van der Waals surface area contributed by atoms with Crippen LogP contribution in [0.15, 0.2) is 12.1 Å². The monoisotopic (exact) mass is 232 g/mol. The Morgan fingerprint density at radius 2 is 1.93 bits per heavy atom. The van der Waals surface area contributed by atoms with E-state index in [0.717, 1.165) is 0 Å². The molecule has 0 unspecified atom stereocenters. The predicted molar refractivity (Wildman–Crippen MR) is 58.9 cm³/mol. The molecule has 1 rings (SSSR count). The Morgan fingerprint density at radius 1 is 1.36 bits per heavy atom. The Balaban J connectivity index is 3.27. The van der Waals surface area contributed by atoms with Crippen LogP contribution in [0.25, 0.3) is 0 Å². The number of nitrogens with zero attached hydrogens (tertiary/aromatic N) is 1. The van der Waals surface area contributed by atoms with E-state index in [0.29, 0.717) is 16.3 Å². The van der Waals surface area contributed by atoms with Gasteiger partial charge in [0.1, 0.15) is 0 Å². The third-order valence-corrected chi connectivity index (χ3v) is 2.34. The van der Waals surface area contributed by atoms with Crippen molar-refractivity contribution in [2.45, 2.75) is 0 Å². The van der Waals surface area contributed by atoms with Crippen LogP contribution >= 0.6 is 23.2 Å². The van der Waals surface area contributed by atoms with Gasteiger partial charge in [-0.1, -0.05) is 23.2 Å². The normalized spacial score (nSPS) is 10.0. The van der Waals surface area contributed by atoms with Crippen LogP contribution in [0.1, 0.15) is 10.4 Å². The van der Waals surface area contributed by atoms with Crippen LogP contribution in [-0.2, 0) is 0 Å². The molecule has 76 valence electrons. The lowest BCUT2D eigenvalue weighted by atomic mass is 10.2. The average Bonchev–Trinajstić information content (AvgIpc) is 2.09. The summed E-state index contributed by atoms with van der Waals surface area (Å²) in [6.45, 7) is 0. The molecule has 0 aliphatic rings. The number of anilines is 1. The van der Waals surface area contributed by atoms with E-state index in [2.05, 4.69) is 0 Å². The average molecular weight is 233 g/mol. The third-order valence-electron chi connectivity index (χ3n) is 1.70. The first-order valence-electron chi connectivity index (χ1n) is 3.89. The molecule has 0 atom stereocenters. The highest BCUT2D eigenvalue weighted by atomic mass is 35.5. The number of nitrogens with two attached hydrogens (primary N) is 1. The first-order chi connectivity index (χ1) is 6.43. The van der Waals surface area contributed by atoms with Gasteiger partial charge in [-0.15, -0.1) is 0 Å². The lowest BCUT2D eigenvalue weighted by Crippen LogP contribution is -2.22. The molecule has 14 heavy (non-hydrogen) atoms. The van der Waals surface area contributed by atoms with Crippen LogP contribution in [0.5, 0.6) is 0 Å². The second kappa shape index (κ2) is 4.07. The molecule has 0 spiro atoms. The Bertz CT molecular complexity index is 377. The fourth-order valence-corrected chi connectivity index (χ4v) is 1.42. The van der Waals surface area contributed by atoms with Gasteiger partial charge in [0.05, 0.1) is 16.3 Å². The summed E-state index contributed by atoms with van der Waals surface area (Å²) in [7, 11) is 3.27. The number of hydrogen-bond donors (Lipinski definition) is 1. The summed E-state index contributed by atoms with van der Waals surface area (Å²) in [5.41, 5.74) is 6.20. The van der Waals surface area contributed by atoms with Gasteiger partial charge in [-0.25, -0.2) is 0 Å². The van der Waals surface area contributed by atoms with E-state index in [1.54, 1.807) is 14.1 Å². The Hall–Kier alpha value is -0.930. The number of halogens is 2. The maximum atomic E-state index is 11.6. The fraction of sp³-hybridized carbons (Fsp3) is 0.222. The van der Waals surface area contributed by atoms with Crippen molar-refractivity contribution in [1.82, 2.24) is 4.90 Å². The maximum Gasteiger partial charge on any atom is 0.254 e. The van der Waals surface area contributed by atoms with Crippen molar-refractivity contribution in [2.24, 2.45) is 0 Å². The zero-order valence-corrected chi connectivity index (χ0v) is 9.36. The van der Waals surface area contributed by atoms with Crippen LogP contribution in [0.4, 0.5) is 5.69 Å². The van der Waals surface area contributed by atoms with Crippen molar-refractivity contribution in [3.8, 4) is 0 Å². The quantitative estimate of drug-likeness (QED) is 0.756. The molecule has 0 bridgehead atoms. The van der Waals surface area contributed by atoms with Crippen molar-refractivity contribution >= 4 is 34.8 Å². The molecule has 0 saturated heterocycles. The van der Waals surface area contributed by atoms with Crippen LogP contribution in [-0.4, -0.2) is 24.9 Å². The molecule has 0 heterocycles. The van der Waals surface area contributed by atoms with Gasteiger partial charge in [0, 0.05) is 19.1 Å². The summed E-state index contributed by atoms with van der Waals surface area (Å²) in [5.74, 6) is -0.218. The smallest absolute Gasteiger partial charge is 0.254 e. The minimum absolute atomic E-state index is 0.218. The number of carbonyl (C=O) groups excluding carboxylic acids is 1. The van der Waals surface area contributed by atoms with Gasteiger partial charge >= 0.3 is 0 Å². The minimum atomic E-state index is -0.218. The summed E-state index contributed by atoms with van der Waals surface area (Å²) >= 11 is 11.6. The summed E-state index contributed by atoms with van der Waals surface area (Å²) in [5, 5.41) is 0.644. The van der Waals surface area contributed by atoms with E-state index >= 15 is 0 Å². The standard InChI is InChI=1S/C9H10Cl2N2O/c1-13(2)9(14)6-3-5(10)4-7(12)8(6)11/h3-4H,12H2,1-2H3. The molecular formula is C9H10Cl2N2O. The molecule has 0 aliphatic heterocycles. The first-order valence-corrected chi connectivity index (χ1v) is 4.65. The highest BCUT2D eigenvalue weighted by Gasteiger charge is 2.15. The fourth-order valence-electron chi connectivity index (χ4n) is 1.01. The Morgan fingerprint density at radius 3 is 2.43 bits per heavy atom. The number of carbonyl (C=O) groups is 1. The Kier molecular flexibility index (Phi) is 3.24. The number of benzene rings is 1. The number of hydrogen-bond acceptors (Lipinski definition) is 2. The molecular weight excluding hydrogens is 223 g/mol. The molecule has 5 heteroatoms. The summed E-state index contributed by atoms with van der Waals surface area (Å²) in [6.07, 6.45) is 0. The molecule has 0 saturated carbocycles. The van der Waals surface area contributed by atoms with Crippen molar-refractivity contribution in [1.29, 1.82) is 0 Å². The van der Waals surface area contributed by atoms with Crippen molar-refractivity contribution < 1.29 is 4.79 Å². The molecule has 1 amide bonds. The minimum Gasteiger partial charge on any atom is -0.397 e. The van der Waals surface area contributed by atoms with E-state index in [-0.39, 0.29) is 10.9 Å². The van der Waals surface area contributed by atoms with Gasteiger partial charge in [0.2, 0.25) is 0 Å². The first kappa shape index (κ1) is 11.1. The van der Waals surface area contributed by atoms with E-state index in [4.69, 9.17) is 28.9 Å². The largest absolute Gasteiger partial charge is 0.397 e. The second-order valence-corrected chi connectivity index (χ2v) is 3.87. The molecule has 0 radical (unpaired) electrons. The summed E-state index contributed by atoms with van der Waals surface area (Å²) < 4.78 is 0. The highest BCUT2D eigenvalue weighted by molar-refractivity contribution is 6.38. The SMILES string of the molecule is CN(C)C(=O)c1cc(Cl)cc(N)c1Cl. The van der Waals surface area contributed by atoms with Gasteiger partial charge in [-0.3, -0.25) is 4.79 Å². The number of nitrogen functional groups attached to an aromatic ring is 1. The highest BCUT2D eigenvalue weighted by Crippen LogP contribution is 2.28. The predicted octanol–water partition coefficient (Wildman–Crippen LogP) is 2.28.